The zero-order chi connectivity index (χ0) is 10.8. The van der Waals surface area contributed by atoms with Gasteiger partial charge >= 0.3 is 0 Å². The van der Waals surface area contributed by atoms with E-state index in [0.717, 1.165) is 13.1 Å². The van der Waals surface area contributed by atoms with E-state index in [1.165, 1.54) is 18.2 Å². The van der Waals surface area contributed by atoms with Crippen LogP contribution in [-0.4, -0.2) is 24.1 Å². The summed E-state index contributed by atoms with van der Waals surface area (Å²) < 4.78 is 0. The van der Waals surface area contributed by atoms with E-state index in [1.54, 1.807) is 0 Å². The quantitative estimate of drug-likeness (QED) is 0.609. The van der Waals surface area contributed by atoms with Gasteiger partial charge in [-0.2, -0.15) is 0 Å². The van der Waals surface area contributed by atoms with Gasteiger partial charge in [-0.05, 0) is 6.07 Å². The zero-order valence-corrected chi connectivity index (χ0v) is 8.62. The van der Waals surface area contributed by atoms with Crippen molar-refractivity contribution in [2.24, 2.45) is 0 Å². The molecule has 0 aromatic heterocycles. The molecule has 1 aliphatic rings. The van der Waals surface area contributed by atoms with Crippen LogP contribution in [0.5, 0.6) is 0 Å². The van der Waals surface area contributed by atoms with Crippen LogP contribution in [0, 0.1) is 10.1 Å². The molecule has 0 aliphatic carbocycles. The molecule has 1 aromatic rings. The normalized spacial score (nSPS) is 15.8. The lowest BCUT2D eigenvalue weighted by atomic mass is 10.1. The lowest BCUT2D eigenvalue weighted by Crippen LogP contribution is -2.51. The Morgan fingerprint density at radius 1 is 1.53 bits per heavy atom. The summed E-state index contributed by atoms with van der Waals surface area (Å²) in [6.07, 6.45) is 0. The van der Waals surface area contributed by atoms with Crippen molar-refractivity contribution < 1.29 is 4.92 Å². The Bertz CT molecular complexity index is 393. The minimum atomic E-state index is -0.430. The first-order valence-electron chi connectivity index (χ1n) is 4.58. The minimum Gasteiger partial charge on any atom is -0.378 e. The number of nitrogens with one attached hydrogen (secondary N) is 2. The van der Waals surface area contributed by atoms with Crippen molar-refractivity contribution in [2.45, 2.75) is 6.04 Å². The van der Waals surface area contributed by atoms with Gasteiger partial charge < -0.3 is 10.6 Å². The molecule has 0 unspecified atom stereocenters. The molecule has 6 heteroatoms. The molecule has 80 valence electrons. The van der Waals surface area contributed by atoms with Crippen LogP contribution in [0.25, 0.3) is 0 Å². The van der Waals surface area contributed by atoms with E-state index in [4.69, 9.17) is 11.6 Å². The van der Waals surface area contributed by atoms with E-state index >= 15 is 0 Å². The number of non-ortho nitro benzene ring substituents is 1. The summed E-state index contributed by atoms with van der Waals surface area (Å²) in [5.74, 6) is 0. The van der Waals surface area contributed by atoms with Gasteiger partial charge in [0.2, 0.25) is 0 Å². The smallest absolute Gasteiger partial charge is 0.271 e. The Hall–Kier alpha value is -1.33. The Balaban J connectivity index is 2.19. The first-order valence-corrected chi connectivity index (χ1v) is 4.96. The number of halogens is 1. The third kappa shape index (κ3) is 2.19. The molecular weight excluding hydrogens is 218 g/mol. The summed E-state index contributed by atoms with van der Waals surface area (Å²) >= 11 is 5.92. The largest absolute Gasteiger partial charge is 0.378 e. The number of nitro benzene ring substituents is 1. The predicted molar refractivity (Wildman–Crippen MR) is 58.4 cm³/mol. The van der Waals surface area contributed by atoms with Gasteiger partial charge in [0.05, 0.1) is 21.7 Å². The SMILES string of the molecule is O=[N+]([O-])c1ccc(Cl)c(NC2CNC2)c1. The monoisotopic (exact) mass is 227 g/mol. The summed E-state index contributed by atoms with van der Waals surface area (Å²) in [5.41, 5.74) is 0.673. The highest BCUT2D eigenvalue weighted by Gasteiger charge is 2.18. The average Bonchev–Trinajstić information content (AvgIpc) is 2.13. The molecule has 1 fully saturated rings. The van der Waals surface area contributed by atoms with Crippen LogP contribution < -0.4 is 10.6 Å². The van der Waals surface area contributed by atoms with Crippen molar-refractivity contribution in [2.75, 3.05) is 18.4 Å². The standard InChI is InChI=1S/C9H10ClN3O2/c10-8-2-1-7(13(14)15)3-9(8)12-6-4-11-5-6/h1-3,6,11-12H,4-5H2. The number of hydrogen-bond acceptors (Lipinski definition) is 4. The highest BCUT2D eigenvalue weighted by Crippen LogP contribution is 2.27. The first-order chi connectivity index (χ1) is 7.16. The van der Waals surface area contributed by atoms with Crippen LogP contribution >= 0.6 is 11.6 Å². The Morgan fingerprint density at radius 3 is 2.80 bits per heavy atom. The Morgan fingerprint density at radius 2 is 2.27 bits per heavy atom. The van der Waals surface area contributed by atoms with Crippen molar-refractivity contribution >= 4 is 23.0 Å². The van der Waals surface area contributed by atoms with Gasteiger partial charge in [-0.1, -0.05) is 11.6 Å². The molecule has 5 nitrogen and oxygen atoms in total. The summed E-state index contributed by atoms with van der Waals surface area (Å²) in [6, 6.07) is 4.70. The van der Waals surface area contributed by atoms with Gasteiger partial charge in [-0.3, -0.25) is 10.1 Å². The fourth-order valence-corrected chi connectivity index (χ4v) is 1.52. The van der Waals surface area contributed by atoms with Gasteiger partial charge in [0.15, 0.2) is 0 Å². The van der Waals surface area contributed by atoms with E-state index < -0.39 is 4.92 Å². The minimum absolute atomic E-state index is 0.0502. The molecule has 1 heterocycles. The lowest BCUT2D eigenvalue weighted by molar-refractivity contribution is -0.384. The Labute approximate surface area is 91.6 Å². The molecule has 0 bridgehead atoms. The number of nitro groups is 1. The van der Waals surface area contributed by atoms with Crippen LogP contribution in [0.2, 0.25) is 5.02 Å². The molecule has 2 rings (SSSR count). The fourth-order valence-electron chi connectivity index (χ4n) is 1.35. The van der Waals surface area contributed by atoms with Crippen LogP contribution in [0.15, 0.2) is 18.2 Å². The third-order valence-corrected chi connectivity index (χ3v) is 2.63. The highest BCUT2D eigenvalue weighted by molar-refractivity contribution is 6.33. The van der Waals surface area contributed by atoms with Crippen LogP contribution in [0.1, 0.15) is 0 Å². The van der Waals surface area contributed by atoms with Crippen molar-refractivity contribution in [3.8, 4) is 0 Å². The van der Waals surface area contributed by atoms with E-state index in [0.29, 0.717) is 16.8 Å². The van der Waals surface area contributed by atoms with Crippen molar-refractivity contribution in [1.82, 2.24) is 5.32 Å². The zero-order valence-electron chi connectivity index (χ0n) is 7.87. The maximum absolute atomic E-state index is 10.6. The molecule has 1 saturated heterocycles. The number of rotatable bonds is 3. The van der Waals surface area contributed by atoms with E-state index in [-0.39, 0.29) is 5.69 Å². The summed E-state index contributed by atoms with van der Waals surface area (Å²) in [6.45, 7) is 1.72. The molecule has 0 radical (unpaired) electrons. The second-order valence-electron chi connectivity index (χ2n) is 3.42. The molecule has 1 aromatic carbocycles. The third-order valence-electron chi connectivity index (χ3n) is 2.30. The molecule has 0 saturated carbocycles. The molecule has 0 spiro atoms. The molecule has 2 N–H and O–H groups in total. The van der Waals surface area contributed by atoms with E-state index in [2.05, 4.69) is 10.6 Å². The van der Waals surface area contributed by atoms with Gasteiger partial charge in [-0.25, -0.2) is 0 Å². The molecule has 15 heavy (non-hydrogen) atoms. The number of nitrogens with zero attached hydrogens (tertiary/aromatic N) is 1. The van der Waals surface area contributed by atoms with E-state index in [9.17, 15) is 10.1 Å². The molecule has 0 atom stereocenters. The number of hydrogen-bond donors (Lipinski definition) is 2. The topological polar surface area (TPSA) is 67.2 Å². The molecule has 0 amide bonds. The second-order valence-corrected chi connectivity index (χ2v) is 3.83. The average molecular weight is 228 g/mol. The Kier molecular flexibility index (Phi) is 2.75. The van der Waals surface area contributed by atoms with Crippen LogP contribution in [0.3, 0.4) is 0 Å². The van der Waals surface area contributed by atoms with Gasteiger partial charge in [0, 0.05) is 25.2 Å². The summed E-state index contributed by atoms with van der Waals surface area (Å²) in [4.78, 5) is 10.1. The second kappa shape index (κ2) is 4.04. The van der Waals surface area contributed by atoms with Crippen molar-refractivity contribution in [3.63, 3.8) is 0 Å². The first kappa shape index (κ1) is 10.2. The number of anilines is 1. The van der Waals surface area contributed by atoms with Crippen molar-refractivity contribution in [3.05, 3.63) is 33.3 Å². The lowest BCUT2D eigenvalue weighted by Gasteiger charge is -2.29. The van der Waals surface area contributed by atoms with Gasteiger partial charge in [0.25, 0.3) is 5.69 Å². The van der Waals surface area contributed by atoms with Gasteiger partial charge in [0.1, 0.15) is 0 Å². The maximum atomic E-state index is 10.6. The van der Waals surface area contributed by atoms with Crippen LogP contribution in [-0.2, 0) is 0 Å². The predicted octanol–water partition coefficient (Wildman–Crippen LogP) is 1.63. The highest BCUT2D eigenvalue weighted by atomic mass is 35.5. The molecule has 1 aliphatic heterocycles. The maximum Gasteiger partial charge on any atom is 0.271 e. The number of benzene rings is 1. The van der Waals surface area contributed by atoms with Crippen LogP contribution in [0.4, 0.5) is 11.4 Å². The summed E-state index contributed by atoms with van der Waals surface area (Å²) in [7, 11) is 0. The molecular formula is C9H10ClN3O2. The van der Waals surface area contributed by atoms with E-state index in [1.807, 2.05) is 0 Å². The summed E-state index contributed by atoms with van der Waals surface area (Å²) in [5, 5.41) is 17.3. The van der Waals surface area contributed by atoms with Crippen molar-refractivity contribution in [1.29, 1.82) is 0 Å². The fraction of sp³-hybridized carbons (Fsp3) is 0.333. The van der Waals surface area contributed by atoms with Gasteiger partial charge in [-0.15, -0.1) is 0 Å².